The average molecular weight is 1420 g/mol. The normalized spacial score (nSPS) is 15.7. The zero-order valence-corrected chi connectivity index (χ0v) is 60.1. The van der Waals surface area contributed by atoms with Crippen LogP contribution in [-0.2, 0) is 0 Å². The predicted octanol–water partition coefficient (Wildman–Crippen LogP) is 28.5. The molecule has 27 rings (SSSR count). The number of benzene rings is 16. The van der Waals surface area contributed by atoms with E-state index < -0.39 is 0 Å². The molecular weight excluding hydrogens is 1360 g/mol. The van der Waals surface area contributed by atoms with Crippen LogP contribution in [0, 0.1) is 13.8 Å². The maximum atomic E-state index is 7.47. The molecule has 5 aliphatic rings. The number of aromatic nitrogens is 1. The molecule has 3 aliphatic carbocycles. The lowest BCUT2D eigenvalue weighted by atomic mass is 9.85. The highest BCUT2D eigenvalue weighted by Crippen LogP contribution is 2.68. The summed E-state index contributed by atoms with van der Waals surface area (Å²) in [4.78, 5) is 7.57. The molecule has 3 unspecified atom stereocenters. The first-order valence-electron chi connectivity index (χ1n) is 38.6. The van der Waals surface area contributed by atoms with Crippen LogP contribution in [-0.4, -0.2) is 10.4 Å². The van der Waals surface area contributed by atoms with E-state index in [1.807, 2.05) is 0 Å². The maximum Gasteiger partial charge on any atom is 0.159 e. The maximum absolute atomic E-state index is 7.47. The molecule has 2 aliphatic heterocycles. The molecule has 111 heavy (non-hydrogen) atoms. The summed E-state index contributed by atoms with van der Waals surface area (Å²) in [5.74, 6) is 0.0142. The Bertz CT molecular complexity index is 8130. The van der Waals surface area contributed by atoms with Crippen LogP contribution in [0.2, 0.25) is 0 Å². The van der Waals surface area contributed by atoms with Crippen LogP contribution in [0.25, 0.3) is 176 Å². The SMILES string of the molecule is Cc1ccccc1N(c1cc2c(oc3ccccc32)c2c1-c1cccc3c1C2c1c-3c(N(c2ccccc2C)c2cccc3c2oc2ccc(-c4ccc5c6cc7cc8c(cc7cc6n6c7ccccc7c4c56)C4=CC=CC5c6ccccc6N8C45)cc23)cc2c1oc1ccccc12)c1cccc2c1oc1ccccc12. The van der Waals surface area contributed by atoms with Crippen molar-refractivity contribution >= 4 is 188 Å². The van der Waals surface area contributed by atoms with Gasteiger partial charge in [0, 0.05) is 121 Å². The lowest BCUT2D eigenvalue weighted by molar-refractivity contribution is 0.656. The van der Waals surface area contributed by atoms with Gasteiger partial charge in [0.15, 0.2) is 11.2 Å². The fourth-order valence-electron chi connectivity index (χ4n) is 21.3. The molecular formula is C103H60N4O4. The van der Waals surface area contributed by atoms with E-state index >= 15 is 0 Å². The van der Waals surface area contributed by atoms with E-state index in [-0.39, 0.29) is 12.0 Å². The number of hydrogen-bond donors (Lipinski definition) is 0. The first-order valence-corrected chi connectivity index (χ1v) is 38.6. The minimum atomic E-state index is -0.325. The molecule has 22 aromatic rings. The summed E-state index contributed by atoms with van der Waals surface area (Å²) in [7, 11) is 0. The third kappa shape index (κ3) is 7.40. The third-order valence-corrected chi connectivity index (χ3v) is 25.8. The van der Waals surface area contributed by atoms with E-state index in [9.17, 15) is 0 Å². The largest absolute Gasteiger partial charge is 0.456 e. The standard InChI is InChI=1S/C103H60N4O4/c1-54-21-3-10-34-77(54)104(81-38-19-30-67-61-24-7-14-40-87(61)108-100(67)81)85-52-75-62-25-8-15-41-88(62)110-102(75)96-93(85)70-32-18-33-71-91(70)95(96)97-94(71)86(53-76-63-26-9-16-42-89(63)111-103(76)97)105(78-35-11-4-22-55(78)2)82-39-20-31-68-74-47-56(43-46-90(74)109-101(68)82)59-44-45-66-73-49-58-50-83-72(65-29-17-28-64-60-23-5-12-36-79(60)106(83)98(64)65)48-57(58)51-84(73)107-80-37-13-6-27-69(80)92(59)99(66)107/h3-53,64,95,98H,1-2H3. The molecule has 0 amide bonds. The lowest BCUT2D eigenvalue weighted by Crippen LogP contribution is -2.25. The molecule has 3 atom stereocenters. The topological polar surface area (TPSA) is 66.7 Å². The zero-order chi connectivity index (χ0) is 72.1. The monoisotopic (exact) mass is 1420 g/mol. The van der Waals surface area contributed by atoms with Crippen LogP contribution in [0.5, 0.6) is 0 Å². The molecule has 0 spiro atoms. The summed E-state index contributed by atoms with van der Waals surface area (Å²) >= 11 is 0. The summed E-state index contributed by atoms with van der Waals surface area (Å²) in [6.45, 7) is 4.44. The lowest BCUT2D eigenvalue weighted by Gasteiger charge is -2.31. The van der Waals surface area contributed by atoms with Crippen molar-refractivity contribution in [3.63, 3.8) is 0 Å². The molecule has 0 radical (unpaired) electrons. The number of allylic oxidation sites excluding steroid dienone is 2. The van der Waals surface area contributed by atoms with Gasteiger partial charge in [0.25, 0.3) is 0 Å². The Morgan fingerprint density at radius 1 is 0.333 bits per heavy atom. The molecule has 516 valence electrons. The number of para-hydroxylation sites is 9. The van der Waals surface area contributed by atoms with Crippen molar-refractivity contribution in [2.45, 2.75) is 31.7 Å². The van der Waals surface area contributed by atoms with Crippen LogP contribution in [0.3, 0.4) is 0 Å². The van der Waals surface area contributed by atoms with Crippen molar-refractivity contribution in [1.82, 2.24) is 4.40 Å². The van der Waals surface area contributed by atoms with Crippen molar-refractivity contribution in [3.8, 4) is 33.4 Å². The van der Waals surface area contributed by atoms with E-state index in [1.165, 1.54) is 88.1 Å². The van der Waals surface area contributed by atoms with Crippen molar-refractivity contribution in [2.75, 3.05) is 14.7 Å². The van der Waals surface area contributed by atoms with Crippen LogP contribution in [0.4, 0.5) is 45.5 Å². The second kappa shape index (κ2) is 20.9. The highest BCUT2D eigenvalue weighted by atomic mass is 16.3. The molecule has 0 saturated carbocycles. The number of rotatable bonds is 7. The third-order valence-electron chi connectivity index (χ3n) is 25.8. The first-order chi connectivity index (χ1) is 54.9. The molecule has 6 aromatic heterocycles. The fraction of sp³-hybridized carbons (Fsp3) is 0.0485. The molecule has 8 heteroatoms. The second-order valence-corrected chi connectivity index (χ2v) is 31.2. The van der Waals surface area contributed by atoms with Crippen molar-refractivity contribution in [2.24, 2.45) is 0 Å². The van der Waals surface area contributed by atoms with Gasteiger partial charge in [-0.25, -0.2) is 0 Å². The molecule has 0 N–H and O–H groups in total. The number of anilines is 8. The van der Waals surface area contributed by atoms with Gasteiger partial charge in [-0.3, -0.25) is 0 Å². The van der Waals surface area contributed by atoms with E-state index in [1.54, 1.807) is 0 Å². The summed E-state index contributed by atoms with van der Waals surface area (Å²) in [6, 6.07) is 108. The van der Waals surface area contributed by atoms with Crippen LogP contribution in [0.1, 0.15) is 50.8 Å². The van der Waals surface area contributed by atoms with Crippen LogP contribution >= 0.6 is 0 Å². The minimum Gasteiger partial charge on any atom is -0.456 e. The Morgan fingerprint density at radius 3 is 1.54 bits per heavy atom. The van der Waals surface area contributed by atoms with Gasteiger partial charge in [-0.05, 0) is 178 Å². The number of hydrogen-bond acceptors (Lipinski definition) is 7. The van der Waals surface area contributed by atoms with E-state index in [4.69, 9.17) is 17.7 Å². The van der Waals surface area contributed by atoms with Gasteiger partial charge in [-0.1, -0.05) is 206 Å². The molecule has 8 nitrogen and oxygen atoms in total. The Hall–Kier alpha value is -14.3. The second-order valence-electron chi connectivity index (χ2n) is 31.2. The molecule has 16 aromatic carbocycles. The zero-order valence-electron chi connectivity index (χ0n) is 60.1. The van der Waals surface area contributed by atoms with Gasteiger partial charge < -0.3 is 36.8 Å². The van der Waals surface area contributed by atoms with Gasteiger partial charge in [0.1, 0.15) is 33.5 Å². The van der Waals surface area contributed by atoms with Gasteiger partial charge in [0.05, 0.1) is 51.0 Å². The molecule has 8 heterocycles. The van der Waals surface area contributed by atoms with Crippen molar-refractivity contribution in [3.05, 3.63) is 348 Å². The van der Waals surface area contributed by atoms with Gasteiger partial charge in [-0.15, -0.1) is 0 Å². The van der Waals surface area contributed by atoms with E-state index in [2.05, 4.69) is 342 Å². The smallest absolute Gasteiger partial charge is 0.159 e. The molecule has 0 bridgehead atoms. The quantitative estimate of drug-likeness (QED) is 0.157. The number of nitrogens with zero attached hydrogens (tertiary/aromatic N) is 4. The molecule has 0 saturated heterocycles. The van der Waals surface area contributed by atoms with E-state index in [0.29, 0.717) is 5.92 Å². The summed E-state index contributed by atoms with van der Waals surface area (Å²) in [5.41, 5.74) is 35.7. The Kier molecular flexibility index (Phi) is 11.1. The number of furan rings is 4. The van der Waals surface area contributed by atoms with Gasteiger partial charge >= 0.3 is 0 Å². The minimum absolute atomic E-state index is 0.281. The first kappa shape index (κ1) is 58.8. The van der Waals surface area contributed by atoms with E-state index in [0.717, 1.165) is 172 Å². The van der Waals surface area contributed by atoms with Crippen molar-refractivity contribution in [1.29, 1.82) is 0 Å². The number of aryl methyl sites for hydroxylation is 2. The fourth-order valence-corrected chi connectivity index (χ4v) is 21.3. The highest BCUT2D eigenvalue weighted by molar-refractivity contribution is 6.29. The van der Waals surface area contributed by atoms with Crippen LogP contribution in [0.15, 0.2) is 327 Å². The highest BCUT2D eigenvalue weighted by Gasteiger charge is 2.49. The Balaban J connectivity index is 0.668. The average Bonchev–Trinajstić information content (AvgIpc) is 1.51. The van der Waals surface area contributed by atoms with Gasteiger partial charge in [0.2, 0.25) is 0 Å². The predicted molar refractivity (Wildman–Crippen MR) is 456 cm³/mol. The summed E-state index contributed by atoms with van der Waals surface area (Å²) < 4.78 is 31.9. The Morgan fingerprint density at radius 2 is 0.874 bits per heavy atom. The molecule has 0 fully saturated rings. The Labute approximate surface area is 633 Å². The summed E-state index contributed by atoms with van der Waals surface area (Å²) in [6.07, 6.45) is 7.03. The van der Waals surface area contributed by atoms with Crippen molar-refractivity contribution < 1.29 is 17.7 Å². The van der Waals surface area contributed by atoms with Crippen LogP contribution < -0.4 is 14.7 Å². The summed E-state index contributed by atoms with van der Waals surface area (Å²) in [5, 5.41) is 15.9. The van der Waals surface area contributed by atoms with Gasteiger partial charge in [-0.2, -0.15) is 0 Å². The number of fused-ring (bicyclic) bond motifs is 33.